The third kappa shape index (κ3) is 5.39. The van der Waals surface area contributed by atoms with Crippen molar-refractivity contribution >= 4 is 23.4 Å². The Hall–Kier alpha value is -3.31. The summed E-state index contributed by atoms with van der Waals surface area (Å²) < 4.78 is 1.86. The van der Waals surface area contributed by atoms with Gasteiger partial charge in [-0.25, -0.2) is 0 Å². The smallest absolute Gasteiger partial charge is 0.234 e. The molecule has 5 heteroatoms. The highest BCUT2D eigenvalue weighted by Crippen LogP contribution is 2.35. The Morgan fingerprint density at radius 1 is 0.900 bits per heavy atom. The number of nitrogens with one attached hydrogen (secondary N) is 1. The number of thioether (sulfide) groups is 1. The van der Waals surface area contributed by atoms with Crippen LogP contribution in [0.15, 0.2) is 103 Å². The summed E-state index contributed by atoms with van der Waals surface area (Å²) in [5, 5.41) is 7.38. The number of anilines is 1. The van der Waals surface area contributed by atoms with Crippen molar-refractivity contribution in [3.05, 3.63) is 120 Å². The minimum absolute atomic E-state index is 0.00639. The molecule has 1 aromatic heterocycles. The predicted octanol–water partition coefficient (Wildman–Crippen LogP) is 5.39. The maximum atomic E-state index is 12.7. The van der Waals surface area contributed by atoms with Gasteiger partial charge in [0.05, 0.1) is 17.5 Å². The second-order valence-electron chi connectivity index (χ2n) is 6.96. The molecule has 0 spiro atoms. The SMILES string of the molecule is O=C(CSC(c1ccccc1)c1ccccc1)Nc1cccc(Cn2cccn2)c1. The summed E-state index contributed by atoms with van der Waals surface area (Å²) in [7, 11) is 0. The lowest BCUT2D eigenvalue weighted by atomic mass is 10.0. The third-order valence-electron chi connectivity index (χ3n) is 4.70. The average molecular weight is 414 g/mol. The van der Waals surface area contributed by atoms with E-state index >= 15 is 0 Å². The van der Waals surface area contributed by atoms with E-state index in [1.54, 1.807) is 18.0 Å². The molecule has 0 fully saturated rings. The van der Waals surface area contributed by atoms with Gasteiger partial charge in [0.25, 0.3) is 0 Å². The minimum atomic E-state index is -0.00639. The van der Waals surface area contributed by atoms with E-state index in [1.807, 2.05) is 77.6 Å². The van der Waals surface area contributed by atoms with Crippen molar-refractivity contribution in [2.24, 2.45) is 0 Å². The molecule has 30 heavy (non-hydrogen) atoms. The Balaban J connectivity index is 1.40. The fourth-order valence-corrected chi connectivity index (χ4v) is 4.41. The highest BCUT2D eigenvalue weighted by Gasteiger charge is 2.16. The van der Waals surface area contributed by atoms with E-state index in [4.69, 9.17) is 0 Å². The second kappa shape index (κ2) is 9.94. The van der Waals surface area contributed by atoms with E-state index in [0.717, 1.165) is 11.3 Å². The molecule has 0 radical (unpaired) electrons. The van der Waals surface area contributed by atoms with Crippen LogP contribution in [0.2, 0.25) is 0 Å². The van der Waals surface area contributed by atoms with Gasteiger partial charge < -0.3 is 5.32 Å². The van der Waals surface area contributed by atoms with Gasteiger partial charge in [-0.3, -0.25) is 9.48 Å². The van der Waals surface area contributed by atoms with Crippen molar-refractivity contribution in [2.45, 2.75) is 11.8 Å². The Bertz CT molecular complexity index is 1030. The number of amides is 1. The molecule has 0 bridgehead atoms. The zero-order valence-corrected chi connectivity index (χ0v) is 17.3. The number of nitrogens with zero attached hydrogens (tertiary/aromatic N) is 2. The van der Waals surface area contributed by atoms with Gasteiger partial charge in [0, 0.05) is 18.1 Å². The highest BCUT2D eigenvalue weighted by molar-refractivity contribution is 8.00. The summed E-state index contributed by atoms with van der Waals surface area (Å²) >= 11 is 1.64. The summed E-state index contributed by atoms with van der Waals surface area (Å²) in [6.45, 7) is 0.676. The lowest BCUT2D eigenvalue weighted by Crippen LogP contribution is -2.15. The quantitative estimate of drug-likeness (QED) is 0.421. The molecule has 3 aromatic carbocycles. The lowest BCUT2D eigenvalue weighted by Gasteiger charge is -2.17. The molecule has 4 nitrogen and oxygen atoms in total. The first-order valence-corrected chi connectivity index (χ1v) is 10.9. The number of carbonyl (C=O) groups excluding carboxylic acids is 1. The molecular formula is C25H23N3OS. The summed E-state index contributed by atoms with van der Waals surface area (Å²) in [5.74, 6) is 0.366. The third-order valence-corrected chi connectivity index (χ3v) is 6.01. The van der Waals surface area contributed by atoms with Crippen LogP contribution in [0.25, 0.3) is 0 Å². The zero-order chi connectivity index (χ0) is 20.6. The first-order chi connectivity index (χ1) is 14.8. The monoisotopic (exact) mass is 413 g/mol. The van der Waals surface area contributed by atoms with Gasteiger partial charge in [-0.15, -0.1) is 11.8 Å². The van der Waals surface area contributed by atoms with Gasteiger partial charge in [0.2, 0.25) is 5.91 Å². The summed E-state index contributed by atoms with van der Waals surface area (Å²) in [5.41, 5.74) is 4.29. The van der Waals surface area contributed by atoms with Gasteiger partial charge in [-0.1, -0.05) is 72.8 Å². The van der Waals surface area contributed by atoms with Crippen LogP contribution in [0.5, 0.6) is 0 Å². The van der Waals surface area contributed by atoms with Gasteiger partial charge >= 0.3 is 0 Å². The van der Waals surface area contributed by atoms with E-state index in [1.165, 1.54) is 11.1 Å². The van der Waals surface area contributed by atoms with Gasteiger partial charge in [0.15, 0.2) is 0 Å². The molecule has 4 rings (SSSR count). The van der Waals surface area contributed by atoms with E-state index in [9.17, 15) is 4.79 Å². The molecule has 0 aliphatic rings. The molecule has 0 aliphatic heterocycles. The molecule has 150 valence electrons. The number of carbonyl (C=O) groups is 1. The van der Waals surface area contributed by atoms with Crippen molar-refractivity contribution in [3.63, 3.8) is 0 Å². The standard InChI is InChI=1S/C25H23N3OS/c29-24(27-23-14-7-9-20(17-23)18-28-16-8-15-26-28)19-30-25(21-10-3-1-4-11-21)22-12-5-2-6-13-22/h1-17,25H,18-19H2,(H,27,29). The maximum Gasteiger partial charge on any atom is 0.234 e. The fourth-order valence-electron chi connectivity index (χ4n) is 3.33. The van der Waals surface area contributed by atoms with Crippen LogP contribution in [0.1, 0.15) is 21.9 Å². The number of benzene rings is 3. The van der Waals surface area contributed by atoms with Crippen LogP contribution in [-0.2, 0) is 11.3 Å². The molecule has 0 aliphatic carbocycles. The van der Waals surface area contributed by atoms with E-state index in [2.05, 4.69) is 34.7 Å². The molecule has 1 heterocycles. The number of hydrogen-bond acceptors (Lipinski definition) is 3. The van der Waals surface area contributed by atoms with Gasteiger partial charge in [-0.05, 0) is 34.9 Å². The van der Waals surface area contributed by atoms with E-state index in [-0.39, 0.29) is 11.2 Å². The molecule has 0 unspecified atom stereocenters. The van der Waals surface area contributed by atoms with Crippen molar-refractivity contribution in [1.82, 2.24) is 9.78 Å². The van der Waals surface area contributed by atoms with Crippen LogP contribution in [0.3, 0.4) is 0 Å². The summed E-state index contributed by atoms with van der Waals surface area (Å²) in [6, 6.07) is 30.4. The molecular weight excluding hydrogens is 390 g/mol. The van der Waals surface area contributed by atoms with Crippen LogP contribution in [0.4, 0.5) is 5.69 Å². The average Bonchev–Trinajstić information content (AvgIpc) is 3.29. The van der Waals surface area contributed by atoms with Crippen molar-refractivity contribution < 1.29 is 4.79 Å². The first kappa shape index (κ1) is 20.0. The minimum Gasteiger partial charge on any atom is -0.325 e. The number of rotatable bonds is 8. The van der Waals surface area contributed by atoms with Crippen LogP contribution in [0, 0.1) is 0 Å². The van der Waals surface area contributed by atoms with E-state index < -0.39 is 0 Å². The Morgan fingerprint density at radius 2 is 1.60 bits per heavy atom. The molecule has 1 N–H and O–H groups in total. The Kier molecular flexibility index (Phi) is 6.62. The molecule has 0 saturated carbocycles. The molecule has 0 saturated heterocycles. The zero-order valence-electron chi connectivity index (χ0n) is 16.5. The lowest BCUT2D eigenvalue weighted by molar-refractivity contribution is -0.113. The fraction of sp³-hybridized carbons (Fsp3) is 0.120. The van der Waals surface area contributed by atoms with Crippen molar-refractivity contribution in [3.8, 4) is 0 Å². The number of aromatic nitrogens is 2. The van der Waals surface area contributed by atoms with Crippen molar-refractivity contribution in [1.29, 1.82) is 0 Å². The molecule has 1 amide bonds. The second-order valence-corrected chi connectivity index (χ2v) is 8.06. The molecule has 4 aromatic rings. The molecule has 0 atom stereocenters. The normalized spacial score (nSPS) is 10.8. The predicted molar refractivity (Wildman–Crippen MR) is 124 cm³/mol. The number of hydrogen-bond donors (Lipinski definition) is 1. The largest absolute Gasteiger partial charge is 0.325 e. The van der Waals surface area contributed by atoms with Gasteiger partial charge in [0.1, 0.15) is 0 Å². The summed E-state index contributed by atoms with van der Waals surface area (Å²) in [6.07, 6.45) is 3.69. The topological polar surface area (TPSA) is 46.9 Å². The highest BCUT2D eigenvalue weighted by atomic mass is 32.2. The van der Waals surface area contributed by atoms with Crippen molar-refractivity contribution in [2.75, 3.05) is 11.1 Å². The van der Waals surface area contributed by atoms with Crippen LogP contribution < -0.4 is 5.32 Å². The Morgan fingerprint density at radius 3 is 2.23 bits per heavy atom. The van der Waals surface area contributed by atoms with Crippen LogP contribution in [-0.4, -0.2) is 21.4 Å². The van der Waals surface area contributed by atoms with E-state index in [0.29, 0.717) is 12.3 Å². The summed E-state index contributed by atoms with van der Waals surface area (Å²) in [4.78, 5) is 12.7. The maximum absolute atomic E-state index is 12.7. The van der Waals surface area contributed by atoms with Crippen LogP contribution >= 0.6 is 11.8 Å². The first-order valence-electron chi connectivity index (χ1n) is 9.85. The van der Waals surface area contributed by atoms with Gasteiger partial charge in [-0.2, -0.15) is 5.10 Å². The Labute approximate surface area is 181 Å².